The highest BCUT2D eigenvalue weighted by atomic mass is 35.5. The van der Waals surface area contributed by atoms with Gasteiger partial charge in [0, 0.05) is 23.7 Å². The molecular formula is C21H22ClF3N4. The Morgan fingerprint density at radius 3 is 2.45 bits per heavy atom. The third kappa shape index (κ3) is 4.79. The fourth-order valence-electron chi connectivity index (χ4n) is 3.57. The predicted octanol–water partition coefficient (Wildman–Crippen LogP) is 5.15. The Balaban J connectivity index is 0.00000240. The number of halogens is 4. The average molecular weight is 423 g/mol. The largest absolute Gasteiger partial charge is 0.433 e. The van der Waals surface area contributed by atoms with Crippen molar-refractivity contribution < 1.29 is 13.2 Å². The van der Waals surface area contributed by atoms with Crippen LogP contribution in [-0.4, -0.2) is 29.6 Å². The van der Waals surface area contributed by atoms with E-state index in [-0.39, 0.29) is 12.4 Å². The van der Waals surface area contributed by atoms with Gasteiger partial charge in [0.2, 0.25) is 0 Å². The molecule has 4 rings (SSSR count). The van der Waals surface area contributed by atoms with Crippen LogP contribution in [0, 0.1) is 5.92 Å². The summed E-state index contributed by atoms with van der Waals surface area (Å²) in [4.78, 5) is 8.47. The molecule has 3 heterocycles. The molecule has 29 heavy (non-hydrogen) atoms. The molecule has 0 aliphatic carbocycles. The standard InChI is InChI=1S/C21H21F3N4.ClH/c22-21(23,24)18-7-6-16-19(28-18)17(15-4-2-1-3-5-15)13-27-20(16)26-12-14-8-10-25-11-9-14;/h1-7,13-14,25H,8-12H2,(H,26,27);1H. The number of hydrogen-bond acceptors (Lipinski definition) is 4. The second kappa shape index (κ2) is 8.97. The number of anilines is 1. The molecule has 3 aromatic rings. The molecule has 1 fully saturated rings. The first-order valence-corrected chi connectivity index (χ1v) is 9.39. The Morgan fingerprint density at radius 2 is 1.76 bits per heavy atom. The molecule has 2 aromatic heterocycles. The van der Waals surface area contributed by atoms with Crippen LogP contribution in [0.2, 0.25) is 0 Å². The zero-order chi connectivity index (χ0) is 19.6. The summed E-state index contributed by atoms with van der Waals surface area (Å²) in [5.41, 5.74) is 0.794. The number of fused-ring (bicyclic) bond motifs is 1. The maximum atomic E-state index is 13.2. The first-order chi connectivity index (χ1) is 13.5. The second-order valence-corrected chi connectivity index (χ2v) is 7.05. The van der Waals surface area contributed by atoms with Crippen LogP contribution in [-0.2, 0) is 6.18 Å². The molecule has 1 aromatic carbocycles. The van der Waals surface area contributed by atoms with Crippen LogP contribution in [0.4, 0.5) is 19.0 Å². The zero-order valence-electron chi connectivity index (χ0n) is 15.7. The number of nitrogens with zero attached hydrogens (tertiary/aromatic N) is 2. The molecule has 0 saturated carbocycles. The molecule has 1 aliphatic rings. The molecule has 1 saturated heterocycles. The Morgan fingerprint density at radius 1 is 1.03 bits per heavy atom. The van der Waals surface area contributed by atoms with Gasteiger partial charge >= 0.3 is 6.18 Å². The minimum absolute atomic E-state index is 0. The topological polar surface area (TPSA) is 49.8 Å². The molecule has 0 spiro atoms. The number of nitrogens with one attached hydrogen (secondary N) is 2. The van der Waals surface area contributed by atoms with Crippen molar-refractivity contribution >= 4 is 29.1 Å². The average Bonchev–Trinajstić information content (AvgIpc) is 2.72. The van der Waals surface area contributed by atoms with Crippen molar-refractivity contribution in [2.45, 2.75) is 19.0 Å². The number of rotatable bonds is 4. The molecule has 2 N–H and O–H groups in total. The molecule has 0 amide bonds. The fourth-order valence-corrected chi connectivity index (χ4v) is 3.57. The SMILES string of the molecule is Cl.FC(F)(F)c1ccc2c(NCC3CCNCC3)ncc(-c3ccccc3)c2n1. The highest BCUT2D eigenvalue weighted by molar-refractivity contribution is 5.99. The van der Waals surface area contributed by atoms with E-state index in [0.29, 0.717) is 28.2 Å². The lowest BCUT2D eigenvalue weighted by molar-refractivity contribution is -0.140. The summed E-state index contributed by atoms with van der Waals surface area (Å²) in [6, 6.07) is 11.7. The molecule has 1 aliphatic heterocycles. The Kier molecular flexibility index (Phi) is 6.59. The van der Waals surface area contributed by atoms with Crippen molar-refractivity contribution in [1.82, 2.24) is 15.3 Å². The van der Waals surface area contributed by atoms with Gasteiger partial charge in [-0.05, 0) is 49.5 Å². The van der Waals surface area contributed by atoms with E-state index in [0.717, 1.165) is 44.1 Å². The third-order valence-electron chi connectivity index (χ3n) is 5.12. The lowest BCUT2D eigenvalue weighted by atomic mass is 9.98. The van der Waals surface area contributed by atoms with Crippen LogP contribution < -0.4 is 10.6 Å². The molecule has 4 nitrogen and oxygen atoms in total. The van der Waals surface area contributed by atoms with E-state index in [1.807, 2.05) is 30.3 Å². The van der Waals surface area contributed by atoms with Gasteiger partial charge in [-0.2, -0.15) is 13.2 Å². The second-order valence-electron chi connectivity index (χ2n) is 7.05. The smallest absolute Gasteiger partial charge is 0.369 e. The van der Waals surface area contributed by atoms with E-state index in [1.165, 1.54) is 6.07 Å². The molecule has 154 valence electrons. The summed E-state index contributed by atoms with van der Waals surface area (Å²) in [5, 5.41) is 7.26. The Labute approximate surface area is 173 Å². The van der Waals surface area contributed by atoms with Crippen molar-refractivity contribution in [1.29, 1.82) is 0 Å². The number of alkyl halides is 3. The summed E-state index contributed by atoms with van der Waals surface area (Å²) in [5.74, 6) is 1.10. The predicted molar refractivity (Wildman–Crippen MR) is 111 cm³/mol. The maximum Gasteiger partial charge on any atom is 0.433 e. The summed E-state index contributed by atoms with van der Waals surface area (Å²) in [7, 11) is 0. The van der Waals surface area contributed by atoms with E-state index in [1.54, 1.807) is 6.20 Å². The van der Waals surface area contributed by atoms with Gasteiger partial charge in [-0.3, -0.25) is 0 Å². The van der Waals surface area contributed by atoms with Crippen LogP contribution in [0.3, 0.4) is 0 Å². The lowest BCUT2D eigenvalue weighted by Crippen LogP contribution is -2.31. The van der Waals surface area contributed by atoms with Gasteiger partial charge in [0.25, 0.3) is 0 Å². The number of pyridine rings is 2. The molecular weight excluding hydrogens is 401 g/mol. The molecule has 0 bridgehead atoms. The van der Waals surface area contributed by atoms with E-state index in [4.69, 9.17) is 0 Å². The number of benzene rings is 1. The minimum atomic E-state index is -4.49. The summed E-state index contributed by atoms with van der Waals surface area (Å²) in [6.45, 7) is 2.73. The quantitative estimate of drug-likeness (QED) is 0.610. The summed E-state index contributed by atoms with van der Waals surface area (Å²) in [6.07, 6.45) is -0.739. The Hall–Kier alpha value is -2.38. The van der Waals surface area contributed by atoms with E-state index in [9.17, 15) is 13.2 Å². The van der Waals surface area contributed by atoms with Gasteiger partial charge in [0.1, 0.15) is 11.5 Å². The lowest BCUT2D eigenvalue weighted by Gasteiger charge is -2.23. The van der Waals surface area contributed by atoms with Crippen molar-refractivity contribution in [3.05, 3.63) is 54.4 Å². The van der Waals surface area contributed by atoms with Gasteiger partial charge < -0.3 is 10.6 Å². The van der Waals surface area contributed by atoms with Crippen LogP contribution in [0.15, 0.2) is 48.7 Å². The molecule has 0 unspecified atom stereocenters. The summed E-state index contributed by atoms with van der Waals surface area (Å²) >= 11 is 0. The Bertz CT molecular complexity index is 957. The van der Waals surface area contributed by atoms with Crippen LogP contribution in [0.25, 0.3) is 22.0 Å². The van der Waals surface area contributed by atoms with Crippen LogP contribution >= 0.6 is 12.4 Å². The van der Waals surface area contributed by atoms with Crippen LogP contribution in [0.1, 0.15) is 18.5 Å². The van der Waals surface area contributed by atoms with Crippen molar-refractivity contribution in [2.75, 3.05) is 25.0 Å². The summed E-state index contributed by atoms with van der Waals surface area (Å²) < 4.78 is 39.7. The first-order valence-electron chi connectivity index (χ1n) is 9.39. The number of hydrogen-bond donors (Lipinski definition) is 2. The highest BCUT2D eigenvalue weighted by Gasteiger charge is 2.33. The van der Waals surface area contributed by atoms with Crippen molar-refractivity contribution in [3.8, 4) is 11.1 Å². The third-order valence-corrected chi connectivity index (χ3v) is 5.12. The van der Waals surface area contributed by atoms with Gasteiger partial charge in [-0.15, -0.1) is 12.4 Å². The maximum absolute atomic E-state index is 13.2. The van der Waals surface area contributed by atoms with E-state index < -0.39 is 11.9 Å². The minimum Gasteiger partial charge on any atom is -0.369 e. The molecule has 0 atom stereocenters. The zero-order valence-corrected chi connectivity index (χ0v) is 16.5. The van der Waals surface area contributed by atoms with E-state index in [2.05, 4.69) is 20.6 Å². The van der Waals surface area contributed by atoms with E-state index >= 15 is 0 Å². The number of piperidine rings is 1. The van der Waals surface area contributed by atoms with Gasteiger partial charge in [0.05, 0.1) is 5.52 Å². The number of aromatic nitrogens is 2. The molecule has 0 radical (unpaired) electrons. The normalized spacial score (nSPS) is 15.1. The fraction of sp³-hybridized carbons (Fsp3) is 0.333. The first kappa shape index (κ1) is 21.3. The van der Waals surface area contributed by atoms with Crippen molar-refractivity contribution in [2.24, 2.45) is 5.92 Å². The monoisotopic (exact) mass is 422 g/mol. The van der Waals surface area contributed by atoms with Gasteiger partial charge in [-0.1, -0.05) is 30.3 Å². The van der Waals surface area contributed by atoms with Gasteiger partial charge in [0.15, 0.2) is 0 Å². The van der Waals surface area contributed by atoms with Gasteiger partial charge in [-0.25, -0.2) is 9.97 Å². The van der Waals surface area contributed by atoms with Crippen LogP contribution in [0.5, 0.6) is 0 Å². The van der Waals surface area contributed by atoms with Crippen molar-refractivity contribution in [3.63, 3.8) is 0 Å². The highest BCUT2D eigenvalue weighted by Crippen LogP contribution is 2.34. The molecule has 8 heteroatoms.